The molecule has 0 spiro atoms. The van der Waals surface area contributed by atoms with Crippen LogP contribution in [0, 0.1) is 13.8 Å². The van der Waals surface area contributed by atoms with Gasteiger partial charge in [-0.25, -0.2) is 4.79 Å². The highest BCUT2D eigenvalue weighted by molar-refractivity contribution is 5.90. The maximum Gasteiger partial charge on any atom is 0.321 e. The van der Waals surface area contributed by atoms with Gasteiger partial charge in [-0.05, 0) is 50.2 Å². The average molecular weight is 410 g/mol. The Balaban J connectivity index is 1.31. The van der Waals surface area contributed by atoms with Gasteiger partial charge in [-0.1, -0.05) is 12.1 Å². The molecule has 1 N–H and O–H groups in total. The lowest BCUT2D eigenvalue weighted by Gasteiger charge is -2.36. The molecule has 4 rings (SSSR count). The van der Waals surface area contributed by atoms with Crippen LogP contribution >= 0.6 is 0 Å². The summed E-state index contributed by atoms with van der Waals surface area (Å²) >= 11 is 0. The minimum absolute atomic E-state index is 0.0418. The van der Waals surface area contributed by atoms with Gasteiger partial charge in [0.1, 0.15) is 0 Å². The summed E-state index contributed by atoms with van der Waals surface area (Å²) in [6.07, 6.45) is 0. The molecule has 8 heteroatoms. The quantitative estimate of drug-likeness (QED) is 0.838. The van der Waals surface area contributed by atoms with Gasteiger partial charge >= 0.3 is 6.03 Å². The lowest BCUT2D eigenvalue weighted by atomic mass is 10.1. The number of aromatic nitrogens is 2. The second-order valence-corrected chi connectivity index (χ2v) is 8.19. The molecule has 2 aliphatic heterocycles. The molecule has 1 aromatic carbocycles. The fourth-order valence-electron chi connectivity index (χ4n) is 3.91. The second-order valence-electron chi connectivity index (χ2n) is 8.19. The Kier molecular flexibility index (Phi) is 6.03. The zero-order valence-electron chi connectivity index (χ0n) is 18.1. The van der Waals surface area contributed by atoms with Crippen molar-refractivity contribution in [3.63, 3.8) is 0 Å². The van der Waals surface area contributed by atoms with Crippen LogP contribution in [0.3, 0.4) is 0 Å². The Labute approximate surface area is 178 Å². The van der Waals surface area contributed by atoms with E-state index in [0.717, 1.165) is 62.2 Å². The van der Waals surface area contributed by atoms with Crippen molar-refractivity contribution in [1.82, 2.24) is 20.0 Å². The van der Waals surface area contributed by atoms with Crippen molar-refractivity contribution >= 4 is 23.4 Å². The summed E-state index contributed by atoms with van der Waals surface area (Å²) in [5.41, 5.74) is 3.17. The Morgan fingerprint density at radius 3 is 1.97 bits per heavy atom. The van der Waals surface area contributed by atoms with E-state index in [4.69, 9.17) is 0 Å². The molecule has 0 aliphatic carbocycles. The smallest absolute Gasteiger partial charge is 0.321 e. The summed E-state index contributed by atoms with van der Waals surface area (Å²) in [5.74, 6) is 1.82. The highest BCUT2D eigenvalue weighted by Gasteiger charge is 2.23. The molecule has 1 aromatic heterocycles. The number of benzene rings is 1. The SMILES string of the molecule is Cc1cccc(NC(=O)N2CCN(c3ccc(N4CCN(C)CC4)nn3)CC2)c1C. The summed E-state index contributed by atoms with van der Waals surface area (Å²) in [6.45, 7) is 11.0. The molecule has 2 aliphatic rings. The summed E-state index contributed by atoms with van der Waals surface area (Å²) < 4.78 is 0. The minimum atomic E-state index is -0.0418. The molecule has 2 fully saturated rings. The molecule has 160 valence electrons. The van der Waals surface area contributed by atoms with E-state index in [9.17, 15) is 4.79 Å². The summed E-state index contributed by atoms with van der Waals surface area (Å²) in [7, 11) is 2.15. The molecule has 0 bridgehead atoms. The lowest BCUT2D eigenvalue weighted by molar-refractivity contribution is 0.208. The van der Waals surface area contributed by atoms with Gasteiger partial charge in [0.15, 0.2) is 11.6 Å². The minimum Gasteiger partial charge on any atom is -0.353 e. The van der Waals surface area contributed by atoms with Crippen molar-refractivity contribution in [2.24, 2.45) is 0 Å². The molecule has 2 saturated heterocycles. The maximum absolute atomic E-state index is 12.7. The van der Waals surface area contributed by atoms with E-state index in [0.29, 0.717) is 13.1 Å². The lowest BCUT2D eigenvalue weighted by Crippen LogP contribution is -2.50. The first-order chi connectivity index (χ1) is 14.5. The van der Waals surface area contributed by atoms with Crippen LogP contribution in [0.2, 0.25) is 0 Å². The Bertz CT molecular complexity index is 870. The summed E-state index contributed by atoms with van der Waals surface area (Å²) in [6, 6.07) is 10.0. The van der Waals surface area contributed by atoms with Gasteiger partial charge in [0, 0.05) is 58.0 Å². The number of nitrogens with one attached hydrogen (secondary N) is 1. The third kappa shape index (κ3) is 4.48. The first-order valence-electron chi connectivity index (χ1n) is 10.7. The van der Waals surface area contributed by atoms with E-state index in [1.54, 1.807) is 0 Å². The molecular weight excluding hydrogens is 378 g/mol. The number of hydrogen-bond acceptors (Lipinski definition) is 6. The van der Waals surface area contributed by atoms with Crippen LogP contribution in [0.5, 0.6) is 0 Å². The topological polar surface area (TPSA) is 67.8 Å². The number of likely N-dealkylation sites (N-methyl/N-ethyl adjacent to an activating group) is 1. The zero-order chi connectivity index (χ0) is 21.1. The van der Waals surface area contributed by atoms with Gasteiger partial charge in [-0.3, -0.25) is 0 Å². The van der Waals surface area contributed by atoms with Crippen molar-refractivity contribution < 1.29 is 4.79 Å². The van der Waals surface area contributed by atoms with E-state index >= 15 is 0 Å². The van der Waals surface area contributed by atoms with Crippen LogP contribution in [0.1, 0.15) is 11.1 Å². The van der Waals surface area contributed by atoms with Gasteiger partial charge < -0.3 is 24.9 Å². The Hall–Kier alpha value is -2.87. The monoisotopic (exact) mass is 409 g/mol. The number of carbonyl (C=O) groups is 1. The van der Waals surface area contributed by atoms with Gasteiger partial charge in [0.05, 0.1) is 0 Å². The predicted molar refractivity (Wildman–Crippen MR) is 120 cm³/mol. The molecule has 2 aromatic rings. The maximum atomic E-state index is 12.7. The number of aryl methyl sites for hydroxylation is 1. The van der Waals surface area contributed by atoms with Crippen LogP contribution in [0.15, 0.2) is 30.3 Å². The van der Waals surface area contributed by atoms with Crippen molar-refractivity contribution in [3.05, 3.63) is 41.5 Å². The summed E-state index contributed by atoms with van der Waals surface area (Å²) in [4.78, 5) is 21.4. The molecule has 2 amide bonds. The number of urea groups is 1. The number of anilines is 3. The first kappa shape index (κ1) is 20.4. The van der Waals surface area contributed by atoms with E-state index < -0.39 is 0 Å². The van der Waals surface area contributed by atoms with Gasteiger partial charge in [-0.2, -0.15) is 0 Å². The Morgan fingerprint density at radius 2 is 1.40 bits per heavy atom. The molecule has 0 atom stereocenters. The fourth-order valence-corrected chi connectivity index (χ4v) is 3.91. The molecule has 30 heavy (non-hydrogen) atoms. The van der Waals surface area contributed by atoms with Crippen LogP contribution in [0.4, 0.5) is 22.1 Å². The van der Waals surface area contributed by atoms with Gasteiger partial charge in [-0.15, -0.1) is 10.2 Å². The number of carbonyl (C=O) groups excluding carboxylic acids is 1. The number of rotatable bonds is 3. The largest absolute Gasteiger partial charge is 0.353 e. The molecule has 0 unspecified atom stereocenters. The second kappa shape index (κ2) is 8.87. The molecule has 3 heterocycles. The summed E-state index contributed by atoms with van der Waals surface area (Å²) in [5, 5.41) is 12.0. The Morgan fingerprint density at radius 1 is 0.833 bits per heavy atom. The van der Waals surface area contributed by atoms with Crippen molar-refractivity contribution in [2.75, 3.05) is 74.5 Å². The van der Waals surface area contributed by atoms with Crippen LogP contribution < -0.4 is 15.1 Å². The van der Waals surface area contributed by atoms with E-state index in [-0.39, 0.29) is 6.03 Å². The third-order valence-corrected chi connectivity index (χ3v) is 6.20. The van der Waals surface area contributed by atoms with Crippen LogP contribution in [-0.2, 0) is 0 Å². The van der Waals surface area contributed by atoms with Crippen LogP contribution in [-0.4, -0.2) is 85.4 Å². The molecule has 8 nitrogen and oxygen atoms in total. The van der Waals surface area contributed by atoms with Crippen molar-refractivity contribution in [2.45, 2.75) is 13.8 Å². The zero-order valence-corrected chi connectivity index (χ0v) is 18.1. The highest BCUT2D eigenvalue weighted by atomic mass is 16.2. The van der Waals surface area contributed by atoms with E-state index in [1.165, 1.54) is 5.56 Å². The number of piperazine rings is 2. The van der Waals surface area contributed by atoms with E-state index in [2.05, 4.69) is 56.3 Å². The normalized spacial score (nSPS) is 17.9. The van der Waals surface area contributed by atoms with Gasteiger partial charge in [0.25, 0.3) is 0 Å². The number of amides is 2. The predicted octanol–water partition coefficient (Wildman–Crippen LogP) is 2.20. The van der Waals surface area contributed by atoms with Crippen molar-refractivity contribution in [1.29, 1.82) is 0 Å². The fraction of sp³-hybridized carbons (Fsp3) is 0.500. The number of hydrogen-bond donors (Lipinski definition) is 1. The highest BCUT2D eigenvalue weighted by Crippen LogP contribution is 2.20. The number of nitrogens with zero attached hydrogens (tertiary/aromatic N) is 6. The third-order valence-electron chi connectivity index (χ3n) is 6.20. The van der Waals surface area contributed by atoms with E-state index in [1.807, 2.05) is 30.0 Å². The molecular formula is C22H31N7O. The van der Waals surface area contributed by atoms with Crippen molar-refractivity contribution in [3.8, 4) is 0 Å². The first-order valence-corrected chi connectivity index (χ1v) is 10.7. The van der Waals surface area contributed by atoms with Gasteiger partial charge in [0.2, 0.25) is 0 Å². The average Bonchev–Trinajstić information content (AvgIpc) is 2.78. The molecule has 0 saturated carbocycles. The van der Waals surface area contributed by atoms with Crippen LogP contribution in [0.25, 0.3) is 0 Å². The molecule has 0 radical (unpaired) electrons. The standard InChI is InChI=1S/C22H31N7O/c1-17-5-4-6-19(18(17)2)23-22(30)29-15-13-28(14-16-29)21-8-7-20(24-25-21)27-11-9-26(3)10-12-27/h4-8H,9-16H2,1-3H3,(H,23,30).